The Hall–Kier alpha value is -5.11. The lowest BCUT2D eigenvalue weighted by Crippen LogP contribution is -2.28. The summed E-state index contributed by atoms with van der Waals surface area (Å²) < 4.78 is 75.1. The summed E-state index contributed by atoms with van der Waals surface area (Å²) in [5, 5.41) is 13.8. The van der Waals surface area contributed by atoms with Crippen LogP contribution < -0.4 is 9.64 Å². The Kier molecular flexibility index (Phi) is 12.8. The van der Waals surface area contributed by atoms with Gasteiger partial charge in [-0.3, -0.25) is 9.11 Å². The number of rotatable bonds is 17. The van der Waals surface area contributed by atoms with Crippen molar-refractivity contribution >= 4 is 64.4 Å². The molecule has 0 radical (unpaired) electrons. The van der Waals surface area contributed by atoms with Gasteiger partial charge in [-0.05, 0) is 108 Å². The molecular weight excluding hydrogens is 809 g/mol. The maximum absolute atomic E-state index is 11.9. The molecule has 0 fully saturated rings. The minimum Gasteiger partial charge on any atom is -0.494 e. The Morgan fingerprint density at radius 3 is 2.08 bits per heavy atom. The standard InChI is InChI=1S/C49H54N2O8S2/c1-48(2)44(50(28-12-32-60(53,54)55)42-24-20-36-14-5-7-18-40(36)46(42)48)26-22-35(38-16-11-17-39(34-38)59-31-10-9-30-52)23-27-45-49(3,4)47-41-19-8-6-15-37(41)21-25-43(47)51(45)29-13-33-61(56,57)58/h5-8,11,14-27,34,52H,9-10,12-13,28-33H2,1-4H3,(H-,53,54,55,56,57,58)/p+1. The fraction of sp³-hybridized carbons (Fsp3) is 0.327. The lowest BCUT2D eigenvalue weighted by atomic mass is 9.79. The summed E-state index contributed by atoms with van der Waals surface area (Å²) in [5.74, 6) is -0.0298. The summed E-state index contributed by atoms with van der Waals surface area (Å²) in [6.07, 6.45) is 10.2. The molecule has 0 saturated heterocycles. The molecule has 2 aliphatic heterocycles. The van der Waals surface area contributed by atoms with Gasteiger partial charge in [0.1, 0.15) is 12.3 Å². The highest BCUT2D eigenvalue weighted by molar-refractivity contribution is 7.86. The number of allylic oxidation sites excluding steroid dienone is 6. The van der Waals surface area contributed by atoms with Crippen LogP contribution in [0.15, 0.2) is 127 Å². The molecule has 7 rings (SSSR count). The predicted molar refractivity (Wildman–Crippen MR) is 247 cm³/mol. The van der Waals surface area contributed by atoms with E-state index in [4.69, 9.17) is 4.74 Å². The van der Waals surface area contributed by atoms with E-state index in [1.54, 1.807) is 0 Å². The summed E-state index contributed by atoms with van der Waals surface area (Å²) in [6, 6.07) is 32.7. The van der Waals surface area contributed by atoms with E-state index in [2.05, 4.69) is 110 Å². The lowest BCUT2D eigenvalue weighted by Gasteiger charge is -2.27. The molecule has 2 heterocycles. The molecule has 320 valence electrons. The molecule has 0 amide bonds. The Labute approximate surface area is 359 Å². The second-order valence-electron chi connectivity index (χ2n) is 16.9. The van der Waals surface area contributed by atoms with Gasteiger partial charge < -0.3 is 14.7 Å². The Morgan fingerprint density at radius 1 is 0.738 bits per heavy atom. The number of ether oxygens (including phenoxy) is 1. The van der Waals surface area contributed by atoms with Gasteiger partial charge in [-0.2, -0.15) is 21.4 Å². The average molecular weight is 864 g/mol. The largest absolute Gasteiger partial charge is 0.494 e. The third-order valence-corrected chi connectivity index (χ3v) is 13.5. The van der Waals surface area contributed by atoms with Gasteiger partial charge in [0.05, 0.1) is 23.5 Å². The van der Waals surface area contributed by atoms with Crippen LogP contribution in [-0.4, -0.2) is 79.1 Å². The van der Waals surface area contributed by atoms with E-state index in [1.165, 1.54) is 0 Å². The van der Waals surface area contributed by atoms with Crippen molar-refractivity contribution in [2.45, 2.75) is 64.2 Å². The van der Waals surface area contributed by atoms with E-state index < -0.39 is 31.1 Å². The molecule has 0 unspecified atom stereocenters. The summed E-state index contributed by atoms with van der Waals surface area (Å²) in [7, 11) is -8.33. The number of aliphatic hydroxyl groups is 1. The maximum atomic E-state index is 11.9. The molecule has 0 atom stereocenters. The van der Waals surface area contributed by atoms with E-state index in [9.17, 15) is 31.0 Å². The Balaban J connectivity index is 1.38. The second-order valence-corrected chi connectivity index (χ2v) is 20.0. The van der Waals surface area contributed by atoms with Crippen LogP contribution in [0.2, 0.25) is 0 Å². The number of unbranched alkanes of at least 4 members (excludes halogenated alkanes) is 1. The highest BCUT2D eigenvalue weighted by Gasteiger charge is 2.46. The van der Waals surface area contributed by atoms with E-state index in [-0.39, 0.29) is 31.0 Å². The number of hydrogen-bond acceptors (Lipinski definition) is 7. The third-order valence-electron chi connectivity index (χ3n) is 11.9. The number of benzene rings is 5. The van der Waals surface area contributed by atoms with E-state index in [1.807, 2.05) is 48.5 Å². The van der Waals surface area contributed by atoms with Crippen LogP contribution in [0, 0.1) is 0 Å². The number of hydrogen-bond donors (Lipinski definition) is 3. The number of anilines is 1. The zero-order valence-corrected chi connectivity index (χ0v) is 36.8. The molecule has 10 nitrogen and oxygen atoms in total. The quantitative estimate of drug-likeness (QED) is 0.0361. The van der Waals surface area contributed by atoms with Gasteiger partial charge in [0, 0.05) is 54.1 Å². The van der Waals surface area contributed by atoms with Crippen LogP contribution in [0.4, 0.5) is 11.4 Å². The van der Waals surface area contributed by atoms with Gasteiger partial charge in [-0.25, -0.2) is 0 Å². The molecular formula is C49H55N2O8S2+. The number of fused-ring (bicyclic) bond motifs is 6. The van der Waals surface area contributed by atoms with Crippen molar-refractivity contribution in [2.75, 3.05) is 42.7 Å². The van der Waals surface area contributed by atoms with Crippen molar-refractivity contribution in [1.82, 2.24) is 0 Å². The monoisotopic (exact) mass is 863 g/mol. The van der Waals surface area contributed by atoms with Gasteiger partial charge in [0.2, 0.25) is 5.69 Å². The molecule has 0 spiro atoms. The van der Waals surface area contributed by atoms with Gasteiger partial charge in [-0.1, -0.05) is 86.7 Å². The normalized spacial score (nSPS) is 16.9. The van der Waals surface area contributed by atoms with Crippen LogP contribution in [0.3, 0.4) is 0 Å². The van der Waals surface area contributed by atoms with E-state index in [0.29, 0.717) is 38.3 Å². The van der Waals surface area contributed by atoms with Gasteiger partial charge in [0.15, 0.2) is 5.71 Å². The average Bonchev–Trinajstić information content (AvgIpc) is 3.57. The first-order valence-corrected chi connectivity index (χ1v) is 24.0. The van der Waals surface area contributed by atoms with Crippen molar-refractivity contribution in [3.05, 3.63) is 144 Å². The summed E-state index contributed by atoms with van der Waals surface area (Å²) >= 11 is 0. The maximum Gasteiger partial charge on any atom is 0.265 e. The zero-order chi connectivity index (χ0) is 43.6. The molecule has 12 heteroatoms. The molecule has 3 N–H and O–H groups in total. The minimum atomic E-state index is -4.17. The smallest absolute Gasteiger partial charge is 0.265 e. The van der Waals surface area contributed by atoms with E-state index in [0.717, 1.165) is 66.6 Å². The molecule has 2 aliphatic rings. The highest BCUT2D eigenvalue weighted by Crippen LogP contribution is 2.51. The molecule has 61 heavy (non-hydrogen) atoms. The lowest BCUT2D eigenvalue weighted by molar-refractivity contribution is -0.437. The number of aliphatic hydroxyl groups excluding tert-OH is 1. The molecule has 0 bridgehead atoms. The first kappa shape index (κ1) is 44.0. The van der Waals surface area contributed by atoms with Crippen LogP contribution in [-0.2, 0) is 31.1 Å². The first-order chi connectivity index (χ1) is 29.0. The van der Waals surface area contributed by atoms with Crippen LogP contribution in [0.1, 0.15) is 70.1 Å². The van der Waals surface area contributed by atoms with E-state index >= 15 is 0 Å². The van der Waals surface area contributed by atoms with Gasteiger partial charge in [-0.15, -0.1) is 0 Å². The minimum absolute atomic E-state index is 0.0975. The first-order valence-electron chi connectivity index (χ1n) is 20.8. The fourth-order valence-corrected chi connectivity index (χ4v) is 10.1. The Bertz CT molecular complexity index is 2820. The van der Waals surface area contributed by atoms with Crippen molar-refractivity contribution in [2.24, 2.45) is 0 Å². The fourth-order valence-electron chi connectivity index (χ4n) is 9.12. The third kappa shape index (κ3) is 9.54. The predicted octanol–water partition coefficient (Wildman–Crippen LogP) is 9.40. The zero-order valence-electron chi connectivity index (χ0n) is 35.2. The molecule has 0 aliphatic carbocycles. The van der Waals surface area contributed by atoms with Crippen molar-refractivity contribution in [3.8, 4) is 5.75 Å². The van der Waals surface area contributed by atoms with Gasteiger partial charge in [0.25, 0.3) is 20.2 Å². The topological polar surface area (TPSA) is 144 Å². The molecule has 5 aromatic carbocycles. The summed E-state index contributed by atoms with van der Waals surface area (Å²) in [5.41, 5.74) is 6.96. The Morgan fingerprint density at radius 2 is 1.39 bits per heavy atom. The second kappa shape index (κ2) is 17.7. The van der Waals surface area contributed by atoms with Crippen LogP contribution >= 0.6 is 0 Å². The van der Waals surface area contributed by atoms with Gasteiger partial charge >= 0.3 is 0 Å². The summed E-state index contributed by atoms with van der Waals surface area (Å²) in [4.78, 5) is 2.17. The summed E-state index contributed by atoms with van der Waals surface area (Å²) in [6.45, 7) is 10.0. The van der Waals surface area contributed by atoms with Crippen molar-refractivity contribution < 1.29 is 40.4 Å². The molecule has 0 saturated carbocycles. The molecule has 5 aromatic rings. The van der Waals surface area contributed by atoms with Crippen LogP contribution in [0.25, 0.3) is 27.1 Å². The molecule has 0 aromatic heterocycles. The highest BCUT2D eigenvalue weighted by atomic mass is 32.2. The van der Waals surface area contributed by atoms with Crippen molar-refractivity contribution in [1.29, 1.82) is 0 Å². The number of nitrogens with zero attached hydrogens (tertiary/aromatic N) is 2. The SMILES string of the molecule is CC1(C)C(=CC=C(C=CC2=[N+](CCCS(=O)(=O)O)c3ccc4ccccc4c3C2(C)C)c2cccc(OCCCCO)c2)N(CCCS(=O)(=O)O)c2ccc3ccccc3c21. The van der Waals surface area contributed by atoms with Crippen LogP contribution in [0.5, 0.6) is 5.75 Å². The van der Waals surface area contributed by atoms with Crippen molar-refractivity contribution in [3.63, 3.8) is 0 Å².